The molecule has 0 fully saturated rings. The highest BCUT2D eigenvalue weighted by Crippen LogP contribution is 2.25. The average Bonchev–Trinajstić information content (AvgIpc) is 3.08. The second-order valence-corrected chi connectivity index (χ2v) is 4.44. The molecule has 90 valence electrons. The molecule has 3 rings (SSSR count). The maximum atomic E-state index is 5.46. The van der Waals surface area contributed by atoms with Crippen molar-refractivity contribution in [3.63, 3.8) is 0 Å². The van der Waals surface area contributed by atoms with Gasteiger partial charge in [-0.25, -0.2) is 4.98 Å². The molecule has 0 radical (unpaired) electrons. The molecule has 6 heteroatoms. The van der Waals surface area contributed by atoms with Gasteiger partial charge in [0.1, 0.15) is 0 Å². The van der Waals surface area contributed by atoms with E-state index in [4.69, 9.17) is 8.83 Å². The summed E-state index contributed by atoms with van der Waals surface area (Å²) in [5, 5.41) is 8.36. The standard InChI is InChI=1S/C12H9N3O2S/c1-2-4-9(5-3-1)7-18-12-15-14-11(17-12)10-6-13-8-16-10/h1-6,8H,7H2. The van der Waals surface area contributed by atoms with E-state index in [9.17, 15) is 0 Å². The number of nitrogens with zero attached hydrogens (tertiary/aromatic N) is 3. The van der Waals surface area contributed by atoms with E-state index in [1.165, 1.54) is 23.7 Å². The summed E-state index contributed by atoms with van der Waals surface area (Å²) in [4.78, 5) is 3.80. The molecule has 0 aliphatic carbocycles. The molecule has 0 aliphatic rings. The smallest absolute Gasteiger partial charge is 0.286 e. The lowest BCUT2D eigenvalue weighted by atomic mass is 10.2. The molecule has 0 aliphatic heterocycles. The quantitative estimate of drug-likeness (QED) is 0.671. The van der Waals surface area contributed by atoms with E-state index in [1.54, 1.807) is 6.20 Å². The lowest BCUT2D eigenvalue weighted by Crippen LogP contribution is -1.79. The van der Waals surface area contributed by atoms with Crippen molar-refractivity contribution in [2.24, 2.45) is 0 Å². The zero-order valence-electron chi connectivity index (χ0n) is 9.31. The van der Waals surface area contributed by atoms with Crippen LogP contribution >= 0.6 is 11.8 Å². The van der Waals surface area contributed by atoms with E-state index >= 15 is 0 Å². The van der Waals surface area contributed by atoms with Crippen molar-refractivity contribution >= 4 is 11.8 Å². The zero-order chi connectivity index (χ0) is 12.2. The van der Waals surface area contributed by atoms with Crippen LogP contribution in [0.25, 0.3) is 11.7 Å². The second kappa shape index (κ2) is 5.05. The molecule has 0 N–H and O–H groups in total. The van der Waals surface area contributed by atoms with Crippen LogP contribution < -0.4 is 0 Å². The van der Waals surface area contributed by atoms with E-state index < -0.39 is 0 Å². The van der Waals surface area contributed by atoms with Crippen LogP contribution in [0.5, 0.6) is 0 Å². The first-order chi connectivity index (χ1) is 8.92. The van der Waals surface area contributed by atoms with Crippen LogP contribution in [-0.2, 0) is 5.75 Å². The summed E-state index contributed by atoms with van der Waals surface area (Å²) in [6, 6.07) is 10.1. The molecular formula is C12H9N3O2S. The van der Waals surface area contributed by atoms with Crippen molar-refractivity contribution in [1.29, 1.82) is 0 Å². The fraction of sp³-hybridized carbons (Fsp3) is 0.0833. The molecule has 0 amide bonds. The van der Waals surface area contributed by atoms with Crippen molar-refractivity contribution in [2.75, 3.05) is 0 Å². The first-order valence-electron chi connectivity index (χ1n) is 5.31. The molecule has 0 unspecified atom stereocenters. The third-order valence-corrected chi connectivity index (χ3v) is 3.14. The van der Waals surface area contributed by atoms with Crippen LogP contribution in [0.1, 0.15) is 5.56 Å². The number of oxazole rings is 1. The predicted molar refractivity (Wildman–Crippen MR) is 65.8 cm³/mol. The fourth-order valence-electron chi connectivity index (χ4n) is 1.41. The number of hydrogen-bond donors (Lipinski definition) is 0. The van der Waals surface area contributed by atoms with Gasteiger partial charge in [-0.1, -0.05) is 42.1 Å². The Morgan fingerprint density at radius 2 is 2.00 bits per heavy atom. The van der Waals surface area contributed by atoms with Gasteiger partial charge >= 0.3 is 0 Å². The van der Waals surface area contributed by atoms with E-state index in [0.717, 1.165) is 5.75 Å². The van der Waals surface area contributed by atoms with Crippen LogP contribution in [0, 0.1) is 0 Å². The summed E-state index contributed by atoms with van der Waals surface area (Å²) < 4.78 is 10.5. The van der Waals surface area contributed by atoms with Gasteiger partial charge in [0.05, 0.1) is 6.20 Å². The molecule has 0 atom stereocenters. The normalized spacial score (nSPS) is 10.7. The Morgan fingerprint density at radius 1 is 1.11 bits per heavy atom. The fourth-order valence-corrected chi connectivity index (χ4v) is 2.13. The Hall–Kier alpha value is -2.08. The molecule has 0 spiro atoms. The van der Waals surface area contributed by atoms with Gasteiger partial charge < -0.3 is 8.83 Å². The van der Waals surface area contributed by atoms with Crippen LogP contribution in [0.15, 0.2) is 57.0 Å². The van der Waals surface area contributed by atoms with Crippen molar-refractivity contribution in [2.45, 2.75) is 11.0 Å². The van der Waals surface area contributed by atoms with Gasteiger partial charge in [0.15, 0.2) is 6.39 Å². The molecule has 2 aromatic heterocycles. The summed E-state index contributed by atoms with van der Waals surface area (Å²) >= 11 is 1.49. The minimum atomic E-state index is 0.350. The van der Waals surface area contributed by atoms with Crippen LogP contribution in [0.2, 0.25) is 0 Å². The number of thioether (sulfide) groups is 1. The Labute approximate surface area is 107 Å². The number of rotatable bonds is 4. The number of hydrogen-bond acceptors (Lipinski definition) is 6. The van der Waals surface area contributed by atoms with Gasteiger partial charge in [0, 0.05) is 5.75 Å². The summed E-state index contributed by atoms with van der Waals surface area (Å²) in [7, 11) is 0. The molecular weight excluding hydrogens is 250 g/mol. The molecule has 18 heavy (non-hydrogen) atoms. The summed E-state index contributed by atoms with van der Waals surface area (Å²) in [6.07, 6.45) is 2.87. The highest BCUT2D eigenvalue weighted by molar-refractivity contribution is 7.98. The Morgan fingerprint density at radius 3 is 2.78 bits per heavy atom. The minimum absolute atomic E-state index is 0.350. The van der Waals surface area contributed by atoms with Crippen molar-refractivity contribution < 1.29 is 8.83 Å². The van der Waals surface area contributed by atoms with Gasteiger partial charge in [0.2, 0.25) is 5.76 Å². The lowest BCUT2D eigenvalue weighted by molar-refractivity contribution is 0.447. The summed E-state index contributed by atoms with van der Waals surface area (Å²) in [5.74, 6) is 1.62. The van der Waals surface area contributed by atoms with E-state index in [2.05, 4.69) is 27.3 Å². The van der Waals surface area contributed by atoms with E-state index in [0.29, 0.717) is 16.9 Å². The van der Waals surface area contributed by atoms with Gasteiger partial charge in [-0.2, -0.15) is 0 Å². The molecule has 5 nitrogen and oxygen atoms in total. The number of benzene rings is 1. The van der Waals surface area contributed by atoms with Crippen molar-refractivity contribution in [3.8, 4) is 11.7 Å². The molecule has 0 bridgehead atoms. The molecule has 2 heterocycles. The van der Waals surface area contributed by atoms with Crippen molar-refractivity contribution in [1.82, 2.24) is 15.2 Å². The monoisotopic (exact) mass is 259 g/mol. The highest BCUT2D eigenvalue weighted by atomic mass is 32.2. The Balaban J connectivity index is 1.68. The van der Waals surface area contributed by atoms with Crippen LogP contribution in [0.4, 0.5) is 0 Å². The van der Waals surface area contributed by atoms with Gasteiger partial charge in [0.25, 0.3) is 11.1 Å². The third kappa shape index (κ3) is 2.43. The Kier molecular flexibility index (Phi) is 3.10. The largest absolute Gasteiger partial charge is 0.438 e. The SMILES string of the molecule is c1ccc(CSc2nnc(-c3cnco3)o2)cc1. The minimum Gasteiger partial charge on any atom is -0.438 e. The van der Waals surface area contributed by atoms with Crippen LogP contribution in [0.3, 0.4) is 0 Å². The molecule has 3 aromatic rings. The molecule has 0 saturated heterocycles. The van der Waals surface area contributed by atoms with E-state index in [1.807, 2.05) is 18.2 Å². The maximum Gasteiger partial charge on any atom is 0.286 e. The lowest BCUT2D eigenvalue weighted by Gasteiger charge is -1.96. The Bertz CT molecular complexity index is 607. The van der Waals surface area contributed by atoms with Gasteiger partial charge in [-0.3, -0.25) is 0 Å². The number of aromatic nitrogens is 3. The van der Waals surface area contributed by atoms with Crippen LogP contribution in [-0.4, -0.2) is 15.2 Å². The second-order valence-electron chi connectivity index (χ2n) is 3.51. The van der Waals surface area contributed by atoms with E-state index in [-0.39, 0.29) is 0 Å². The van der Waals surface area contributed by atoms with Gasteiger partial charge in [-0.05, 0) is 5.56 Å². The summed E-state index contributed by atoms with van der Waals surface area (Å²) in [6.45, 7) is 0. The molecule has 0 saturated carbocycles. The summed E-state index contributed by atoms with van der Waals surface area (Å²) in [5.41, 5.74) is 1.21. The first-order valence-corrected chi connectivity index (χ1v) is 6.29. The average molecular weight is 259 g/mol. The zero-order valence-corrected chi connectivity index (χ0v) is 10.1. The maximum absolute atomic E-state index is 5.46. The van der Waals surface area contributed by atoms with Crippen molar-refractivity contribution in [3.05, 3.63) is 48.5 Å². The first kappa shape index (κ1) is 11.0. The highest BCUT2D eigenvalue weighted by Gasteiger charge is 2.11. The molecule has 1 aromatic carbocycles. The topological polar surface area (TPSA) is 65.0 Å². The predicted octanol–water partition coefficient (Wildman–Crippen LogP) is 3.02. The van der Waals surface area contributed by atoms with Gasteiger partial charge in [-0.15, -0.1) is 10.2 Å². The third-order valence-electron chi connectivity index (χ3n) is 2.25.